The Morgan fingerprint density at radius 3 is 2.59 bits per heavy atom. The summed E-state index contributed by atoms with van der Waals surface area (Å²) in [5, 5.41) is 7.58. The van der Waals surface area contributed by atoms with E-state index in [1.54, 1.807) is 24.3 Å². The molecule has 2 aromatic heterocycles. The fourth-order valence-electron chi connectivity index (χ4n) is 2.88. The Morgan fingerprint density at radius 1 is 1.07 bits per heavy atom. The van der Waals surface area contributed by atoms with Crippen LogP contribution in [0.4, 0.5) is 8.78 Å². The Bertz CT molecular complexity index is 1060. The minimum Gasteiger partial charge on any atom is -0.269 e. The summed E-state index contributed by atoms with van der Waals surface area (Å²) in [5.74, 6) is 1.21. The molecule has 2 aromatic carbocycles. The van der Waals surface area contributed by atoms with Crippen LogP contribution < -0.4 is 0 Å². The maximum Gasteiger partial charge on any atom is 0.320 e. The zero-order chi connectivity index (χ0) is 18.8. The molecule has 138 valence electrons. The SMILES string of the molecule is CCc1ccc(-c2nc(SCc3nc4ccccc4n3C(F)F)n[nH]2)cc1. The van der Waals surface area contributed by atoms with Crippen LogP contribution in [0.2, 0.25) is 0 Å². The second kappa shape index (κ2) is 7.48. The Hall–Kier alpha value is -2.74. The number of thioether (sulfide) groups is 1. The lowest BCUT2D eigenvalue weighted by Gasteiger charge is -2.06. The van der Waals surface area contributed by atoms with Crippen molar-refractivity contribution in [3.63, 3.8) is 0 Å². The molecule has 0 bridgehead atoms. The molecule has 27 heavy (non-hydrogen) atoms. The smallest absolute Gasteiger partial charge is 0.269 e. The van der Waals surface area contributed by atoms with Crippen molar-refractivity contribution < 1.29 is 8.78 Å². The van der Waals surface area contributed by atoms with Gasteiger partial charge in [0.15, 0.2) is 5.82 Å². The van der Waals surface area contributed by atoms with E-state index in [0.717, 1.165) is 16.6 Å². The summed E-state index contributed by atoms with van der Waals surface area (Å²) in [6.07, 6.45) is 0.975. The number of aromatic nitrogens is 5. The van der Waals surface area contributed by atoms with Gasteiger partial charge in [-0.05, 0) is 24.1 Å². The quantitative estimate of drug-likeness (QED) is 0.471. The molecule has 5 nitrogen and oxygen atoms in total. The highest BCUT2D eigenvalue weighted by Crippen LogP contribution is 2.28. The van der Waals surface area contributed by atoms with Crippen molar-refractivity contribution >= 4 is 22.8 Å². The van der Waals surface area contributed by atoms with Crippen LogP contribution in [0.5, 0.6) is 0 Å². The molecule has 0 amide bonds. The Balaban J connectivity index is 1.53. The van der Waals surface area contributed by atoms with E-state index >= 15 is 0 Å². The van der Waals surface area contributed by atoms with Gasteiger partial charge in [0.25, 0.3) is 0 Å². The number of imidazole rings is 1. The fourth-order valence-corrected chi connectivity index (χ4v) is 3.61. The first-order valence-corrected chi connectivity index (χ1v) is 9.52. The summed E-state index contributed by atoms with van der Waals surface area (Å²) in [7, 11) is 0. The molecule has 4 rings (SSSR count). The highest BCUT2D eigenvalue weighted by molar-refractivity contribution is 7.98. The number of aryl methyl sites for hydroxylation is 1. The molecule has 0 saturated carbocycles. The largest absolute Gasteiger partial charge is 0.320 e. The predicted octanol–water partition coefficient (Wildman–Crippen LogP) is 5.07. The molecule has 0 spiro atoms. The van der Waals surface area contributed by atoms with Crippen LogP contribution in [-0.2, 0) is 12.2 Å². The lowest BCUT2D eigenvalue weighted by Crippen LogP contribution is -2.03. The number of para-hydroxylation sites is 2. The zero-order valence-corrected chi connectivity index (χ0v) is 15.4. The first kappa shape index (κ1) is 17.7. The first-order valence-electron chi connectivity index (χ1n) is 8.54. The van der Waals surface area contributed by atoms with Crippen molar-refractivity contribution in [2.75, 3.05) is 0 Å². The van der Waals surface area contributed by atoms with E-state index in [4.69, 9.17) is 0 Å². The molecule has 0 aliphatic rings. The van der Waals surface area contributed by atoms with Crippen molar-refractivity contribution in [3.05, 3.63) is 59.9 Å². The summed E-state index contributed by atoms with van der Waals surface area (Å²) in [6, 6.07) is 15.0. The van der Waals surface area contributed by atoms with Crippen molar-refractivity contribution in [3.8, 4) is 11.4 Å². The maximum absolute atomic E-state index is 13.5. The fraction of sp³-hybridized carbons (Fsp3) is 0.211. The monoisotopic (exact) mass is 385 g/mol. The molecule has 0 radical (unpaired) electrons. The molecule has 0 aliphatic carbocycles. The third-order valence-electron chi connectivity index (χ3n) is 4.29. The van der Waals surface area contributed by atoms with Gasteiger partial charge in [-0.1, -0.05) is 55.1 Å². The molecule has 4 aromatic rings. The summed E-state index contributed by atoms with van der Waals surface area (Å²) >= 11 is 1.27. The van der Waals surface area contributed by atoms with E-state index in [1.807, 2.05) is 12.1 Å². The Kier molecular flexibility index (Phi) is 4.89. The van der Waals surface area contributed by atoms with E-state index in [0.29, 0.717) is 27.8 Å². The number of benzene rings is 2. The number of H-pyrrole nitrogens is 1. The minimum atomic E-state index is -2.65. The van der Waals surface area contributed by atoms with Gasteiger partial charge in [-0.25, -0.2) is 9.97 Å². The molecule has 0 fully saturated rings. The normalized spacial score (nSPS) is 11.6. The van der Waals surface area contributed by atoms with Crippen molar-refractivity contribution in [1.82, 2.24) is 24.7 Å². The number of fused-ring (bicyclic) bond motifs is 1. The molecule has 0 unspecified atom stereocenters. The second-order valence-corrected chi connectivity index (χ2v) is 6.91. The number of rotatable bonds is 6. The van der Waals surface area contributed by atoms with Crippen LogP contribution in [0.3, 0.4) is 0 Å². The van der Waals surface area contributed by atoms with Crippen LogP contribution in [-0.4, -0.2) is 24.7 Å². The minimum absolute atomic E-state index is 0.255. The third kappa shape index (κ3) is 3.57. The summed E-state index contributed by atoms with van der Waals surface area (Å²) in [6.45, 7) is -0.543. The average molecular weight is 385 g/mol. The Labute approximate surface area is 158 Å². The number of aromatic amines is 1. The van der Waals surface area contributed by atoms with Gasteiger partial charge in [-0.3, -0.25) is 9.67 Å². The van der Waals surface area contributed by atoms with Gasteiger partial charge >= 0.3 is 6.55 Å². The molecule has 2 heterocycles. The average Bonchev–Trinajstić information content (AvgIpc) is 3.30. The van der Waals surface area contributed by atoms with E-state index in [9.17, 15) is 8.78 Å². The summed E-state index contributed by atoms with van der Waals surface area (Å²) < 4.78 is 27.9. The number of hydrogen-bond acceptors (Lipinski definition) is 4. The van der Waals surface area contributed by atoms with Crippen molar-refractivity contribution in [1.29, 1.82) is 0 Å². The van der Waals surface area contributed by atoms with Gasteiger partial charge in [0, 0.05) is 5.56 Å². The van der Waals surface area contributed by atoms with E-state index in [1.165, 1.54) is 17.3 Å². The zero-order valence-electron chi connectivity index (χ0n) is 14.6. The number of hydrogen-bond donors (Lipinski definition) is 1. The first-order chi connectivity index (χ1) is 13.2. The predicted molar refractivity (Wildman–Crippen MR) is 102 cm³/mol. The molecule has 0 saturated heterocycles. The molecule has 0 aliphatic heterocycles. The van der Waals surface area contributed by atoms with Crippen LogP contribution in [0.15, 0.2) is 53.7 Å². The molecular weight excluding hydrogens is 368 g/mol. The van der Waals surface area contributed by atoms with E-state index in [2.05, 4.69) is 39.2 Å². The molecule has 0 atom stereocenters. The number of nitrogens with one attached hydrogen (secondary N) is 1. The lowest BCUT2D eigenvalue weighted by atomic mass is 10.1. The van der Waals surface area contributed by atoms with E-state index < -0.39 is 6.55 Å². The molecule has 1 N–H and O–H groups in total. The van der Waals surface area contributed by atoms with Gasteiger partial charge < -0.3 is 0 Å². The lowest BCUT2D eigenvalue weighted by molar-refractivity contribution is 0.0722. The summed E-state index contributed by atoms with van der Waals surface area (Å²) in [4.78, 5) is 8.78. The number of alkyl halides is 2. The van der Waals surface area contributed by atoms with Crippen molar-refractivity contribution in [2.24, 2.45) is 0 Å². The highest BCUT2D eigenvalue weighted by atomic mass is 32.2. The molecule has 8 heteroatoms. The molecular formula is C19H17F2N5S. The van der Waals surface area contributed by atoms with E-state index in [-0.39, 0.29) is 5.75 Å². The second-order valence-electron chi connectivity index (χ2n) is 5.97. The summed E-state index contributed by atoms with van der Waals surface area (Å²) in [5.41, 5.74) is 3.17. The topological polar surface area (TPSA) is 59.4 Å². The number of nitrogens with zero attached hydrogens (tertiary/aromatic N) is 4. The number of halogens is 2. The highest BCUT2D eigenvalue weighted by Gasteiger charge is 2.18. The third-order valence-corrected chi connectivity index (χ3v) is 5.14. The van der Waals surface area contributed by atoms with Gasteiger partial charge in [0.2, 0.25) is 5.16 Å². The maximum atomic E-state index is 13.5. The van der Waals surface area contributed by atoms with Crippen LogP contribution in [0, 0.1) is 0 Å². The van der Waals surface area contributed by atoms with Gasteiger partial charge in [-0.2, -0.15) is 8.78 Å². The van der Waals surface area contributed by atoms with Crippen LogP contribution >= 0.6 is 11.8 Å². The van der Waals surface area contributed by atoms with Crippen LogP contribution in [0.25, 0.3) is 22.4 Å². The van der Waals surface area contributed by atoms with Gasteiger partial charge in [0.05, 0.1) is 16.8 Å². The van der Waals surface area contributed by atoms with Crippen molar-refractivity contribution in [2.45, 2.75) is 30.8 Å². The Morgan fingerprint density at radius 2 is 1.85 bits per heavy atom. The van der Waals surface area contributed by atoms with Gasteiger partial charge in [-0.15, -0.1) is 5.10 Å². The van der Waals surface area contributed by atoms with Gasteiger partial charge in [0.1, 0.15) is 5.82 Å². The van der Waals surface area contributed by atoms with Crippen LogP contribution in [0.1, 0.15) is 24.9 Å². The standard InChI is InChI=1S/C19H17F2N5S/c1-2-12-7-9-13(10-8-12)17-23-19(25-24-17)27-11-16-22-14-5-3-4-6-15(14)26(16)18(20)21/h3-10,18H,2,11H2,1H3,(H,23,24,25).